The van der Waals surface area contributed by atoms with Crippen LogP contribution in [-0.2, 0) is 0 Å². The molecule has 0 aromatic carbocycles. The fourth-order valence-corrected chi connectivity index (χ4v) is 0. The van der Waals surface area contributed by atoms with E-state index in [2.05, 4.69) is 35.9 Å². The second-order valence-electron chi connectivity index (χ2n) is 0.993. The average Bonchev–Trinajstić information content (AvgIpc) is 1.89. The molecule has 0 unspecified atom stereocenters. The molecule has 0 aliphatic rings. The molecule has 7 N–H and O–H groups in total. The van der Waals surface area contributed by atoms with Crippen molar-refractivity contribution >= 4 is 64.3 Å². The van der Waals surface area contributed by atoms with Crippen LogP contribution in [0.2, 0.25) is 0 Å². The first-order valence-corrected chi connectivity index (χ1v) is 4.27. The third-order valence-electron chi connectivity index (χ3n) is 0. The number of aliphatic hydroxyl groups is 3. The van der Waals surface area contributed by atoms with Crippen LogP contribution < -0.4 is 11.5 Å². The summed E-state index contributed by atoms with van der Waals surface area (Å²) in [5, 5.41) is 21.7. The van der Waals surface area contributed by atoms with Crippen LogP contribution in [0.15, 0.2) is 0 Å². The molecule has 0 spiro atoms. The third kappa shape index (κ3) is 13700. The number of hydrogen-bond acceptors (Lipinski definition) is 3. The summed E-state index contributed by atoms with van der Waals surface area (Å²) in [5.41, 5.74) is 8.80. The van der Waals surface area contributed by atoms with Gasteiger partial charge in [-0.1, -0.05) is 13.8 Å². The van der Waals surface area contributed by atoms with Gasteiger partial charge in [0.15, 0.2) is 0 Å². The first-order chi connectivity index (χ1) is 5.88. The van der Waals surface area contributed by atoms with Crippen molar-refractivity contribution in [2.24, 2.45) is 11.5 Å². The third-order valence-corrected chi connectivity index (χ3v) is 0. The van der Waals surface area contributed by atoms with Gasteiger partial charge in [-0.25, -0.2) is 0 Å². The van der Waals surface area contributed by atoms with E-state index in [4.69, 9.17) is 15.3 Å². The summed E-state index contributed by atoms with van der Waals surface area (Å²) in [6.45, 7) is 5.93. The van der Waals surface area contributed by atoms with Gasteiger partial charge in [0, 0.05) is 6.61 Å². The molecule has 5 nitrogen and oxygen atoms in total. The van der Waals surface area contributed by atoms with E-state index in [1.807, 2.05) is 13.8 Å². The van der Waals surface area contributed by atoms with E-state index in [0.29, 0.717) is 0 Å². The Morgan fingerprint density at radius 1 is 1.07 bits per heavy atom. The Balaban J connectivity index is -0.0000000260. The maximum atomic E-state index is 7.57. The molecule has 0 bridgehead atoms. The SMILES string of the molecule is CC.CCO.NC(O)=S.NC(O)=S.[NaH]. The zero-order chi connectivity index (χ0) is 11.9. The van der Waals surface area contributed by atoms with Crippen LogP contribution in [0.5, 0.6) is 0 Å². The molecule has 0 radical (unpaired) electrons. The Hall–Kier alpha value is 0.340. The predicted octanol–water partition coefficient (Wildman–Crippen LogP) is -0.0477. The molecule has 0 saturated carbocycles. The summed E-state index contributed by atoms with van der Waals surface area (Å²) in [4.78, 5) is 0. The summed E-state index contributed by atoms with van der Waals surface area (Å²) in [7, 11) is 0. The van der Waals surface area contributed by atoms with Crippen LogP contribution in [0.25, 0.3) is 0 Å². The number of aliphatic hydroxyl groups excluding tert-OH is 3. The quantitative estimate of drug-likeness (QED) is 0.304. The monoisotopic (exact) mass is 254 g/mol. The molecule has 0 aromatic rings. The number of rotatable bonds is 0. The molecular formula is C6H19N2NaO3S2. The summed E-state index contributed by atoms with van der Waals surface area (Å²) in [5.74, 6) is 0. The van der Waals surface area contributed by atoms with Crippen LogP contribution >= 0.6 is 24.4 Å². The van der Waals surface area contributed by atoms with Crippen molar-refractivity contribution in [2.45, 2.75) is 20.8 Å². The van der Waals surface area contributed by atoms with Gasteiger partial charge in [-0.2, -0.15) is 0 Å². The average molecular weight is 254 g/mol. The van der Waals surface area contributed by atoms with Gasteiger partial charge in [-0.05, 0) is 31.4 Å². The van der Waals surface area contributed by atoms with Crippen molar-refractivity contribution < 1.29 is 15.3 Å². The molecule has 84 valence electrons. The second-order valence-corrected chi connectivity index (χ2v) is 1.83. The van der Waals surface area contributed by atoms with Crippen LogP contribution in [0.4, 0.5) is 0 Å². The summed E-state index contributed by atoms with van der Waals surface area (Å²) < 4.78 is 0. The molecule has 0 atom stereocenters. The normalized spacial score (nSPS) is 5.14. The van der Waals surface area contributed by atoms with Gasteiger partial charge in [0.25, 0.3) is 10.3 Å². The summed E-state index contributed by atoms with van der Waals surface area (Å²) >= 11 is 7.74. The first-order valence-electron chi connectivity index (χ1n) is 3.46. The molecule has 0 aromatic heterocycles. The van der Waals surface area contributed by atoms with E-state index >= 15 is 0 Å². The molecule has 0 rings (SSSR count). The van der Waals surface area contributed by atoms with Gasteiger partial charge < -0.3 is 26.8 Å². The number of thiocarbonyl (C=S) groups is 2. The summed E-state index contributed by atoms with van der Waals surface area (Å²) in [6.07, 6.45) is 0. The molecule has 0 heterocycles. The minimum absolute atomic E-state index is 0. The Labute approximate surface area is 118 Å². The van der Waals surface area contributed by atoms with Gasteiger partial charge in [-0.3, -0.25) is 0 Å². The van der Waals surface area contributed by atoms with Gasteiger partial charge >= 0.3 is 29.6 Å². The second kappa shape index (κ2) is 37.7. The number of nitrogens with two attached hydrogens (primary N) is 2. The van der Waals surface area contributed by atoms with E-state index in [1.54, 1.807) is 6.92 Å². The molecule has 0 fully saturated rings. The zero-order valence-corrected chi connectivity index (χ0v) is 9.65. The zero-order valence-electron chi connectivity index (χ0n) is 8.02. The molecule has 14 heavy (non-hydrogen) atoms. The van der Waals surface area contributed by atoms with Crippen molar-refractivity contribution in [3.63, 3.8) is 0 Å². The Bertz CT molecular complexity index is 97.2. The fraction of sp³-hybridized carbons (Fsp3) is 0.667. The molecule has 0 aliphatic carbocycles. The topological polar surface area (TPSA) is 113 Å². The standard InChI is InChI=1S/C2H6O.C2H6.2CH3NOS.Na.H/c1-2-3;1-2;2*2-1(3)4;;/h3H,2H2,1H3;1-2H3;2*(H3,2,3,4);;. The van der Waals surface area contributed by atoms with Crippen molar-refractivity contribution in [3.05, 3.63) is 0 Å². The predicted molar refractivity (Wildman–Crippen MR) is 70.1 cm³/mol. The molecule has 0 aliphatic heterocycles. The Morgan fingerprint density at radius 3 is 1.07 bits per heavy atom. The van der Waals surface area contributed by atoms with E-state index < -0.39 is 10.3 Å². The molecule has 0 amide bonds. The van der Waals surface area contributed by atoms with Crippen molar-refractivity contribution in [1.82, 2.24) is 0 Å². The van der Waals surface area contributed by atoms with Crippen LogP contribution in [-0.4, -0.2) is 61.8 Å². The fourth-order valence-electron chi connectivity index (χ4n) is 0. The van der Waals surface area contributed by atoms with Crippen LogP contribution in [0, 0.1) is 0 Å². The Morgan fingerprint density at radius 2 is 1.07 bits per heavy atom. The van der Waals surface area contributed by atoms with E-state index in [1.165, 1.54) is 0 Å². The molecule has 0 saturated heterocycles. The first kappa shape index (κ1) is 29.3. The van der Waals surface area contributed by atoms with Gasteiger partial charge in [-0.15, -0.1) is 0 Å². The van der Waals surface area contributed by atoms with E-state index in [9.17, 15) is 0 Å². The Kier molecular flexibility index (Phi) is 78.8. The molecular weight excluding hydrogens is 235 g/mol. The van der Waals surface area contributed by atoms with Gasteiger partial charge in [0.05, 0.1) is 0 Å². The van der Waals surface area contributed by atoms with Crippen LogP contribution in [0.3, 0.4) is 0 Å². The van der Waals surface area contributed by atoms with E-state index in [-0.39, 0.29) is 36.2 Å². The summed E-state index contributed by atoms with van der Waals surface area (Å²) in [6, 6.07) is 0. The van der Waals surface area contributed by atoms with Gasteiger partial charge in [0.1, 0.15) is 0 Å². The van der Waals surface area contributed by atoms with E-state index in [0.717, 1.165) is 0 Å². The maximum absolute atomic E-state index is 7.57. The van der Waals surface area contributed by atoms with Gasteiger partial charge in [0.2, 0.25) is 0 Å². The number of hydrogen-bond donors (Lipinski definition) is 5. The van der Waals surface area contributed by atoms with Crippen LogP contribution in [0.1, 0.15) is 20.8 Å². The molecule has 8 heteroatoms. The minimum atomic E-state index is -0.500. The van der Waals surface area contributed by atoms with Crippen molar-refractivity contribution in [1.29, 1.82) is 0 Å². The van der Waals surface area contributed by atoms with Crippen molar-refractivity contribution in [2.75, 3.05) is 6.61 Å². The van der Waals surface area contributed by atoms with Crippen molar-refractivity contribution in [3.8, 4) is 0 Å².